The zero-order valence-corrected chi connectivity index (χ0v) is 12.3. The predicted octanol–water partition coefficient (Wildman–Crippen LogP) is 3.38. The van der Waals surface area contributed by atoms with Gasteiger partial charge in [0, 0.05) is 11.6 Å². The summed E-state index contributed by atoms with van der Waals surface area (Å²) in [5.41, 5.74) is 0.661. The molecule has 1 aliphatic rings. The third-order valence-corrected chi connectivity index (χ3v) is 4.25. The van der Waals surface area contributed by atoms with Crippen molar-refractivity contribution in [3.05, 3.63) is 28.2 Å². The standard InChI is InChI=1S/C14H18BrNO2/c1-9(10-4-3-5-10)16-14(17)11-6-7-13(18-2)12(15)8-11/h6-10H,3-5H2,1-2H3,(H,16,17). The van der Waals surface area contributed by atoms with Gasteiger partial charge in [-0.3, -0.25) is 4.79 Å². The maximum Gasteiger partial charge on any atom is 0.251 e. The molecule has 0 radical (unpaired) electrons. The van der Waals surface area contributed by atoms with E-state index < -0.39 is 0 Å². The molecule has 1 aromatic rings. The van der Waals surface area contributed by atoms with E-state index in [-0.39, 0.29) is 11.9 Å². The topological polar surface area (TPSA) is 38.3 Å². The molecule has 0 aromatic heterocycles. The van der Waals surface area contributed by atoms with Crippen molar-refractivity contribution < 1.29 is 9.53 Å². The average Bonchev–Trinajstić information content (AvgIpc) is 2.26. The monoisotopic (exact) mass is 311 g/mol. The van der Waals surface area contributed by atoms with Crippen LogP contribution in [-0.2, 0) is 0 Å². The lowest BCUT2D eigenvalue weighted by Crippen LogP contribution is -2.40. The Bertz CT molecular complexity index is 443. The summed E-state index contributed by atoms with van der Waals surface area (Å²) in [5, 5.41) is 3.06. The molecule has 1 aliphatic carbocycles. The number of ether oxygens (including phenoxy) is 1. The van der Waals surface area contributed by atoms with Crippen LogP contribution in [0, 0.1) is 5.92 Å². The third-order valence-electron chi connectivity index (χ3n) is 3.63. The molecule has 3 nitrogen and oxygen atoms in total. The highest BCUT2D eigenvalue weighted by molar-refractivity contribution is 9.10. The van der Waals surface area contributed by atoms with Crippen molar-refractivity contribution in [3.63, 3.8) is 0 Å². The third kappa shape index (κ3) is 2.86. The van der Waals surface area contributed by atoms with Crippen molar-refractivity contribution in [2.24, 2.45) is 5.92 Å². The van der Waals surface area contributed by atoms with Gasteiger partial charge in [-0.25, -0.2) is 0 Å². The molecule has 0 spiro atoms. The number of hydrogen-bond acceptors (Lipinski definition) is 2. The van der Waals surface area contributed by atoms with Crippen molar-refractivity contribution in [1.29, 1.82) is 0 Å². The van der Waals surface area contributed by atoms with Crippen LogP contribution in [0.4, 0.5) is 0 Å². The second-order valence-electron chi connectivity index (χ2n) is 4.80. The highest BCUT2D eigenvalue weighted by Crippen LogP contribution is 2.30. The summed E-state index contributed by atoms with van der Waals surface area (Å²) in [4.78, 5) is 12.1. The quantitative estimate of drug-likeness (QED) is 0.925. The molecule has 0 bridgehead atoms. The zero-order valence-electron chi connectivity index (χ0n) is 10.7. The van der Waals surface area contributed by atoms with E-state index in [1.807, 2.05) is 0 Å². The van der Waals surface area contributed by atoms with Crippen LogP contribution in [-0.4, -0.2) is 19.1 Å². The number of hydrogen-bond donors (Lipinski definition) is 1. The zero-order chi connectivity index (χ0) is 13.1. The van der Waals surface area contributed by atoms with Crippen molar-refractivity contribution in [2.45, 2.75) is 32.2 Å². The molecule has 1 unspecified atom stereocenters. The van der Waals surface area contributed by atoms with Crippen molar-refractivity contribution in [1.82, 2.24) is 5.32 Å². The van der Waals surface area contributed by atoms with Gasteiger partial charge in [-0.15, -0.1) is 0 Å². The molecule has 0 heterocycles. The number of halogens is 1. The van der Waals surface area contributed by atoms with Crippen molar-refractivity contribution >= 4 is 21.8 Å². The Morgan fingerprint density at radius 1 is 1.50 bits per heavy atom. The lowest BCUT2D eigenvalue weighted by atomic mass is 9.80. The average molecular weight is 312 g/mol. The number of methoxy groups -OCH3 is 1. The van der Waals surface area contributed by atoms with E-state index in [9.17, 15) is 4.79 Å². The molecule has 4 heteroatoms. The fourth-order valence-electron chi connectivity index (χ4n) is 2.16. The highest BCUT2D eigenvalue weighted by Gasteiger charge is 2.25. The summed E-state index contributed by atoms with van der Waals surface area (Å²) in [6, 6.07) is 5.63. The van der Waals surface area contributed by atoms with Crippen molar-refractivity contribution in [3.8, 4) is 5.75 Å². The summed E-state index contributed by atoms with van der Waals surface area (Å²) < 4.78 is 5.95. The lowest BCUT2D eigenvalue weighted by Gasteiger charge is -2.31. The van der Waals surface area contributed by atoms with E-state index in [1.165, 1.54) is 19.3 Å². The van der Waals surface area contributed by atoms with Gasteiger partial charge in [-0.2, -0.15) is 0 Å². The molecule has 1 aromatic carbocycles. The van der Waals surface area contributed by atoms with Crippen LogP contribution >= 0.6 is 15.9 Å². The van der Waals surface area contributed by atoms with Gasteiger partial charge in [0.2, 0.25) is 0 Å². The molecular weight excluding hydrogens is 294 g/mol. The van der Waals surface area contributed by atoms with Gasteiger partial charge in [0.25, 0.3) is 5.91 Å². The van der Waals surface area contributed by atoms with Gasteiger partial charge in [0.1, 0.15) is 5.75 Å². The number of carbonyl (C=O) groups excluding carboxylic acids is 1. The molecule has 18 heavy (non-hydrogen) atoms. The summed E-state index contributed by atoms with van der Waals surface area (Å²) >= 11 is 3.39. The Balaban J connectivity index is 2.01. The van der Waals surface area contributed by atoms with E-state index in [0.717, 1.165) is 10.2 Å². The smallest absolute Gasteiger partial charge is 0.251 e. The fraction of sp³-hybridized carbons (Fsp3) is 0.500. The molecule has 98 valence electrons. The second-order valence-corrected chi connectivity index (χ2v) is 5.66. The molecule has 1 saturated carbocycles. The Labute approximate surface area is 116 Å². The molecule has 1 fully saturated rings. The minimum atomic E-state index is -0.0160. The number of nitrogens with one attached hydrogen (secondary N) is 1. The van der Waals surface area contributed by atoms with Crippen LogP contribution in [0.2, 0.25) is 0 Å². The number of amides is 1. The Morgan fingerprint density at radius 3 is 2.72 bits per heavy atom. The molecule has 2 rings (SSSR count). The molecule has 0 aliphatic heterocycles. The molecule has 1 atom stereocenters. The number of benzene rings is 1. The summed E-state index contributed by atoms with van der Waals surface area (Å²) in [6.07, 6.45) is 3.75. The lowest BCUT2D eigenvalue weighted by molar-refractivity contribution is 0.0909. The SMILES string of the molecule is COc1ccc(C(=O)NC(C)C2CCC2)cc1Br. The maximum absolute atomic E-state index is 12.1. The molecule has 1 N–H and O–H groups in total. The van der Waals surface area contributed by atoms with Gasteiger partial charge in [0.15, 0.2) is 0 Å². The van der Waals surface area contributed by atoms with Gasteiger partial charge in [-0.05, 0) is 59.8 Å². The second kappa shape index (κ2) is 5.74. The van der Waals surface area contributed by atoms with Crippen LogP contribution in [0.5, 0.6) is 5.75 Å². The first-order chi connectivity index (χ1) is 8.61. The Hall–Kier alpha value is -1.03. The van der Waals surface area contributed by atoms with Gasteiger partial charge in [0.05, 0.1) is 11.6 Å². The van der Waals surface area contributed by atoms with Crippen LogP contribution in [0.1, 0.15) is 36.5 Å². The van der Waals surface area contributed by atoms with Gasteiger partial charge >= 0.3 is 0 Å². The predicted molar refractivity (Wildman–Crippen MR) is 75.0 cm³/mol. The van der Waals surface area contributed by atoms with Crippen LogP contribution in [0.25, 0.3) is 0 Å². The first kappa shape index (κ1) is 13.4. The molecular formula is C14H18BrNO2. The molecule has 0 saturated heterocycles. The maximum atomic E-state index is 12.1. The fourth-order valence-corrected chi connectivity index (χ4v) is 2.70. The van der Waals surface area contributed by atoms with Crippen LogP contribution in [0.3, 0.4) is 0 Å². The van der Waals surface area contributed by atoms with E-state index in [2.05, 4.69) is 28.2 Å². The first-order valence-corrected chi connectivity index (χ1v) is 7.05. The normalized spacial score (nSPS) is 16.8. The summed E-state index contributed by atoms with van der Waals surface area (Å²) in [7, 11) is 1.61. The van der Waals surface area contributed by atoms with E-state index >= 15 is 0 Å². The van der Waals surface area contributed by atoms with E-state index in [4.69, 9.17) is 4.74 Å². The van der Waals surface area contributed by atoms with Gasteiger partial charge < -0.3 is 10.1 Å². The van der Waals surface area contributed by atoms with Crippen LogP contribution in [0.15, 0.2) is 22.7 Å². The Morgan fingerprint density at radius 2 is 2.22 bits per heavy atom. The van der Waals surface area contributed by atoms with E-state index in [0.29, 0.717) is 11.5 Å². The number of rotatable bonds is 4. The largest absolute Gasteiger partial charge is 0.496 e. The molecule has 1 amide bonds. The first-order valence-electron chi connectivity index (χ1n) is 6.26. The highest BCUT2D eigenvalue weighted by atomic mass is 79.9. The number of carbonyl (C=O) groups is 1. The minimum absolute atomic E-state index is 0.0160. The van der Waals surface area contributed by atoms with E-state index in [1.54, 1.807) is 25.3 Å². The van der Waals surface area contributed by atoms with Crippen molar-refractivity contribution in [2.75, 3.05) is 7.11 Å². The van der Waals surface area contributed by atoms with Crippen LogP contribution < -0.4 is 10.1 Å². The minimum Gasteiger partial charge on any atom is -0.496 e. The van der Waals surface area contributed by atoms with Gasteiger partial charge in [-0.1, -0.05) is 6.42 Å². The summed E-state index contributed by atoms with van der Waals surface area (Å²) in [5.74, 6) is 1.37. The summed E-state index contributed by atoms with van der Waals surface area (Å²) in [6.45, 7) is 2.08. The Kier molecular flexibility index (Phi) is 4.27.